The number of carbonyl (C=O) groups is 2. The maximum atomic E-state index is 11.6. The molecule has 1 atom stereocenters. The Hall–Kier alpha value is -2.58. The summed E-state index contributed by atoms with van der Waals surface area (Å²) in [5, 5.41) is 11.2. The van der Waals surface area contributed by atoms with Gasteiger partial charge in [0.2, 0.25) is 0 Å². The first-order valence-corrected chi connectivity index (χ1v) is 6.10. The molecule has 0 aromatic carbocycles. The van der Waals surface area contributed by atoms with E-state index in [-0.39, 0.29) is 6.54 Å². The Kier molecular flexibility index (Phi) is 4.90. The number of carboxylic acids is 1. The number of rotatable bonds is 4. The van der Waals surface area contributed by atoms with Gasteiger partial charge in [-0.15, -0.1) is 0 Å². The predicted octanol–water partition coefficient (Wildman–Crippen LogP) is -0.485. The Morgan fingerprint density at radius 1 is 1.43 bits per heavy atom. The molecule has 3 N–H and O–H groups in total. The fourth-order valence-corrected chi connectivity index (χ4v) is 1.42. The minimum atomic E-state index is -1.37. The number of carbonyl (C=O) groups excluding carboxylic acids is 1. The van der Waals surface area contributed by atoms with Gasteiger partial charge in [-0.05, 0) is 20.8 Å². The number of aliphatic carboxylic acids is 1. The fourth-order valence-electron chi connectivity index (χ4n) is 1.42. The van der Waals surface area contributed by atoms with Crippen LogP contribution in [0.3, 0.4) is 0 Å². The van der Waals surface area contributed by atoms with Gasteiger partial charge in [-0.1, -0.05) is 0 Å². The van der Waals surface area contributed by atoms with Crippen LogP contribution in [0.2, 0.25) is 0 Å². The molecule has 0 saturated carbocycles. The van der Waals surface area contributed by atoms with Crippen LogP contribution in [0.15, 0.2) is 21.9 Å². The van der Waals surface area contributed by atoms with Gasteiger partial charge >= 0.3 is 17.8 Å². The van der Waals surface area contributed by atoms with E-state index in [4.69, 9.17) is 9.84 Å². The number of hydrogen-bond acceptors (Lipinski definition) is 5. The SMILES string of the molecule is CC(C)(C)OC(=O)N[C@@H](Cn1ccc(=O)[nH]c1=O)C(=O)O. The molecule has 0 fully saturated rings. The molecule has 21 heavy (non-hydrogen) atoms. The average molecular weight is 299 g/mol. The number of H-pyrrole nitrogens is 1. The second-order valence-electron chi connectivity index (χ2n) is 5.30. The van der Waals surface area contributed by atoms with E-state index in [0.717, 1.165) is 16.8 Å². The summed E-state index contributed by atoms with van der Waals surface area (Å²) in [7, 11) is 0. The number of ether oxygens (including phenoxy) is 1. The number of aromatic amines is 1. The highest BCUT2D eigenvalue weighted by Crippen LogP contribution is 2.06. The quantitative estimate of drug-likeness (QED) is 0.688. The molecular weight excluding hydrogens is 282 g/mol. The molecule has 0 unspecified atom stereocenters. The van der Waals surface area contributed by atoms with Crippen molar-refractivity contribution in [2.45, 2.75) is 39.0 Å². The highest BCUT2D eigenvalue weighted by molar-refractivity contribution is 5.79. The fraction of sp³-hybridized carbons (Fsp3) is 0.500. The van der Waals surface area contributed by atoms with E-state index in [9.17, 15) is 19.2 Å². The van der Waals surface area contributed by atoms with E-state index >= 15 is 0 Å². The lowest BCUT2D eigenvalue weighted by molar-refractivity contribution is -0.139. The van der Waals surface area contributed by atoms with E-state index in [2.05, 4.69) is 5.32 Å². The lowest BCUT2D eigenvalue weighted by Crippen LogP contribution is -2.47. The molecule has 9 nitrogen and oxygen atoms in total. The Morgan fingerprint density at radius 3 is 2.52 bits per heavy atom. The van der Waals surface area contributed by atoms with Gasteiger partial charge in [0.1, 0.15) is 11.6 Å². The van der Waals surface area contributed by atoms with E-state index in [0.29, 0.717) is 0 Å². The molecule has 0 bridgehead atoms. The number of alkyl carbamates (subject to hydrolysis) is 1. The molecule has 1 aromatic rings. The van der Waals surface area contributed by atoms with E-state index in [1.807, 2.05) is 4.98 Å². The molecule has 0 radical (unpaired) electrons. The molecular formula is C12H17N3O6. The Morgan fingerprint density at radius 2 is 2.05 bits per heavy atom. The maximum Gasteiger partial charge on any atom is 0.408 e. The van der Waals surface area contributed by atoms with Crippen LogP contribution in [0.4, 0.5) is 4.79 Å². The summed E-state index contributed by atoms with van der Waals surface area (Å²) in [5.74, 6) is -1.33. The Bertz CT molecular complexity index is 639. The van der Waals surface area contributed by atoms with Crippen LogP contribution in [0, 0.1) is 0 Å². The van der Waals surface area contributed by atoms with Crippen molar-refractivity contribution in [1.29, 1.82) is 0 Å². The topological polar surface area (TPSA) is 130 Å². The second kappa shape index (κ2) is 6.25. The Labute approximate surface area is 119 Å². The first kappa shape index (κ1) is 16.5. The zero-order valence-corrected chi connectivity index (χ0v) is 11.9. The lowest BCUT2D eigenvalue weighted by Gasteiger charge is -2.22. The third kappa shape index (κ3) is 5.51. The number of hydrogen-bond donors (Lipinski definition) is 3. The molecule has 0 aliphatic carbocycles. The van der Waals surface area contributed by atoms with Crippen LogP contribution >= 0.6 is 0 Å². The molecule has 1 amide bonds. The van der Waals surface area contributed by atoms with Crippen LogP contribution in [0.1, 0.15) is 20.8 Å². The molecule has 0 aliphatic rings. The standard InChI is InChI=1S/C12H17N3O6/c1-12(2,3)21-11(20)13-7(9(17)18)6-15-5-4-8(16)14-10(15)19/h4-5,7H,6H2,1-3H3,(H,13,20)(H,17,18)(H,14,16,19)/t7-/m0/s1. The average Bonchev–Trinajstić information content (AvgIpc) is 2.28. The third-order valence-electron chi connectivity index (χ3n) is 2.27. The maximum absolute atomic E-state index is 11.6. The summed E-state index contributed by atoms with van der Waals surface area (Å²) in [5.41, 5.74) is -2.13. The molecule has 9 heteroatoms. The van der Waals surface area contributed by atoms with E-state index in [1.165, 1.54) is 0 Å². The molecule has 0 spiro atoms. The van der Waals surface area contributed by atoms with Gasteiger partial charge in [-0.3, -0.25) is 14.3 Å². The molecule has 1 heterocycles. The largest absolute Gasteiger partial charge is 0.480 e. The smallest absolute Gasteiger partial charge is 0.408 e. The van der Waals surface area contributed by atoms with Crippen molar-refractivity contribution in [3.05, 3.63) is 33.1 Å². The number of aromatic nitrogens is 2. The van der Waals surface area contributed by atoms with Crippen molar-refractivity contribution in [2.24, 2.45) is 0 Å². The van der Waals surface area contributed by atoms with Crippen molar-refractivity contribution < 1.29 is 19.4 Å². The number of carboxylic acid groups (broad SMARTS) is 1. The van der Waals surface area contributed by atoms with Gasteiger partial charge in [-0.25, -0.2) is 14.4 Å². The Balaban J connectivity index is 2.84. The zero-order chi connectivity index (χ0) is 16.2. The normalized spacial score (nSPS) is 12.5. The molecule has 0 aliphatic heterocycles. The summed E-state index contributed by atoms with van der Waals surface area (Å²) < 4.78 is 5.92. The summed E-state index contributed by atoms with van der Waals surface area (Å²) in [6.45, 7) is 4.56. The van der Waals surface area contributed by atoms with Crippen molar-refractivity contribution >= 4 is 12.1 Å². The van der Waals surface area contributed by atoms with Gasteiger partial charge in [0, 0.05) is 12.3 Å². The second-order valence-corrected chi connectivity index (χ2v) is 5.30. The van der Waals surface area contributed by atoms with Gasteiger partial charge in [-0.2, -0.15) is 0 Å². The molecule has 1 rings (SSSR count). The first-order chi connectivity index (χ1) is 9.58. The van der Waals surface area contributed by atoms with Crippen LogP contribution in [0.5, 0.6) is 0 Å². The number of nitrogens with one attached hydrogen (secondary N) is 2. The van der Waals surface area contributed by atoms with Gasteiger partial charge in [0.05, 0.1) is 6.54 Å². The number of nitrogens with zero attached hydrogens (tertiary/aromatic N) is 1. The van der Waals surface area contributed by atoms with Crippen LogP contribution in [-0.2, 0) is 16.1 Å². The third-order valence-corrected chi connectivity index (χ3v) is 2.27. The minimum Gasteiger partial charge on any atom is -0.480 e. The van der Waals surface area contributed by atoms with E-state index in [1.54, 1.807) is 20.8 Å². The summed E-state index contributed by atoms with van der Waals surface area (Å²) in [6, 6.07) is -0.295. The van der Waals surface area contributed by atoms with E-state index < -0.39 is 35.0 Å². The molecule has 1 aromatic heterocycles. The van der Waals surface area contributed by atoms with Crippen LogP contribution in [0.25, 0.3) is 0 Å². The van der Waals surface area contributed by atoms with Crippen molar-refractivity contribution in [1.82, 2.24) is 14.9 Å². The number of amides is 1. The molecule has 0 saturated heterocycles. The highest BCUT2D eigenvalue weighted by Gasteiger charge is 2.24. The van der Waals surface area contributed by atoms with Crippen molar-refractivity contribution in [3.63, 3.8) is 0 Å². The van der Waals surface area contributed by atoms with Gasteiger partial charge < -0.3 is 15.2 Å². The lowest BCUT2D eigenvalue weighted by atomic mass is 10.2. The van der Waals surface area contributed by atoms with Crippen LogP contribution < -0.4 is 16.6 Å². The van der Waals surface area contributed by atoms with Gasteiger partial charge in [0.15, 0.2) is 0 Å². The minimum absolute atomic E-state index is 0.343. The summed E-state index contributed by atoms with van der Waals surface area (Å²) >= 11 is 0. The molecule has 116 valence electrons. The highest BCUT2D eigenvalue weighted by atomic mass is 16.6. The summed E-state index contributed by atoms with van der Waals surface area (Å²) in [6.07, 6.45) is 0.237. The van der Waals surface area contributed by atoms with Crippen molar-refractivity contribution in [3.8, 4) is 0 Å². The van der Waals surface area contributed by atoms with Gasteiger partial charge in [0.25, 0.3) is 5.56 Å². The van der Waals surface area contributed by atoms with Crippen molar-refractivity contribution in [2.75, 3.05) is 0 Å². The predicted molar refractivity (Wildman–Crippen MR) is 72.1 cm³/mol. The monoisotopic (exact) mass is 299 g/mol. The first-order valence-electron chi connectivity index (χ1n) is 6.10. The zero-order valence-electron chi connectivity index (χ0n) is 11.9. The summed E-state index contributed by atoms with van der Waals surface area (Å²) in [4.78, 5) is 47.1. The van der Waals surface area contributed by atoms with Crippen LogP contribution in [-0.4, -0.2) is 38.4 Å².